The van der Waals surface area contributed by atoms with Gasteiger partial charge in [-0.15, -0.1) is 0 Å². The number of benzene rings is 4. The van der Waals surface area contributed by atoms with E-state index in [1.54, 1.807) is 0 Å². The minimum atomic E-state index is -1.62. The average Bonchev–Trinajstić information content (AvgIpc) is 1.49. The minimum absolute atomic E-state index is 0. The second-order valence-electron chi connectivity index (χ2n) is 36.7. The molecule has 766 valence electrons. The number of carbonyl (C=O) groups excluding carboxylic acids is 3. The number of ether oxygens (including phenoxy) is 6. The summed E-state index contributed by atoms with van der Waals surface area (Å²) in [6, 6.07) is 20.8. The highest BCUT2D eigenvalue weighted by Gasteiger charge is 2.66. The number of carbonyl (C=O) groups is 3. The van der Waals surface area contributed by atoms with Crippen LogP contribution in [0.1, 0.15) is 268 Å². The van der Waals surface area contributed by atoms with Crippen LogP contribution in [0.4, 0.5) is 0 Å². The van der Waals surface area contributed by atoms with Crippen LogP contribution in [-0.4, -0.2) is 222 Å². The van der Waals surface area contributed by atoms with Crippen molar-refractivity contribution in [2.24, 2.45) is 0 Å². The number of aromatic nitrogens is 6. The van der Waals surface area contributed by atoms with E-state index in [1.165, 1.54) is 77.7 Å². The van der Waals surface area contributed by atoms with E-state index in [9.17, 15) is 43.2 Å². The Bertz CT molecular complexity index is 6070. The second-order valence-corrected chi connectivity index (χ2v) is 40.9. The molecule has 7 aromatic rings. The lowest BCUT2D eigenvalue weighted by atomic mass is 9.92. The molecule has 0 aliphatic carbocycles. The predicted octanol–water partition coefficient (Wildman–Crippen LogP) is 14.7. The third kappa shape index (κ3) is 27.7. The number of rotatable bonds is 44. The number of hydrogen-bond donors (Lipinski definition) is 6. The van der Waals surface area contributed by atoms with Gasteiger partial charge in [0.05, 0.1) is 58.6 Å². The summed E-state index contributed by atoms with van der Waals surface area (Å²) in [6.07, 6.45) is 10.8. The lowest BCUT2D eigenvalue weighted by Crippen LogP contribution is -2.43. The van der Waals surface area contributed by atoms with Crippen LogP contribution in [0.5, 0.6) is 0 Å². The highest BCUT2D eigenvalue weighted by Crippen LogP contribution is 2.60. The first-order valence-electron chi connectivity index (χ1n) is 48.2. The van der Waals surface area contributed by atoms with Crippen molar-refractivity contribution < 1.29 is 69.9 Å². The van der Waals surface area contributed by atoms with Crippen LogP contribution < -0.4 is 49.7 Å². The van der Waals surface area contributed by atoms with E-state index >= 15 is 0 Å². The molecule has 15 atom stereocenters. The molecule has 13 rings (SSSR count). The number of nitrogens with zero attached hydrogens (tertiary/aromatic N) is 9. The molecule has 6 N–H and O–H groups in total. The molecule has 6 aliphatic rings. The molecule has 9 heterocycles. The zero-order valence-corrected chi connectivity index (χ0v) is 85.4. The van der Waals surface area contributed by atoms with E-state index in [1.807, 2.05) is 51.1 Å². The molecule has 3 aromatic heterocycles. The average molecular weight is 2010 g/mol. The smallest absolute Gasteiger partial charge is 0.330 e. The first kappa shape index (κ1) is 115. The van der Waals surface area contributed by atoms with Crippen molar-refractivity contribution >= 4 is 75.6 Å². The molecule has 6 saturated heterocycles. The van der Waals surface area contributed by atoms with Gasteiger partial charge in [0, 0.05) is 73.7 Å². The Hall–Kier alpha value is -9.79. The van der Waals surface area contributed by atoms with Gasteiger partial charge in [0.25, 0.3) is 48.2 Å². The van der Waals surface area contributed by atoms with Gasteiger partial charge in [0.2, 0.25) is 24.9 Å². The first-order chi connectivity index (χ1) is 66.7. The summed E-state index contributed by atoms with van der Waals surface area (Å²) in [5.74, 6) is 16.1. The quantitative estimate of drug-likeness (QED) is 0.00679. The number of aromatic amines is 3. The fraction of sp³-hybridized carbons (Fsp3) is 0.608. The molecule has 39 heteroatoms. The maximum absolute atomic E-state index is 13.4. The maximum Gasteiger partial charge on any atom is 0.330 e. The van der Waals surface area contributed by atoms with Crippen molar-refractivity contribution in [2.45, 2.75) is 331 Å². The molecule has 3 amide bonds. The van der Waals surface area contributed by atoms with Crippen LogP contribution in [0.15, 0.2) is 102 Å². The third-order valence-corrected chi connectivity index (χ3v) is 31.4. The van der Waals surface area contributed by atoms with Gasteiger partial charge in [-0.3, -0.25) is 57.4 Å². The zero-order chi connectivity index (χ0) is 101. The van der Waals surface area contributed by atoms with Crippen LogP contribution in [0.2, 0.25) is 0 Å². The Kier molecular flexibility index (Phi) is 43.7. The number of nitriles is 1. The summed E-state index contributed by atoms with van der Waals surface area (Å²) in [5, 5.41) is 23.6. The molecule has 0 spiro atoms. The molecule has 6 unspecified atom stereocenters. The van der Waals surface area contributed by atoms with Crippen molar-refractivity contribution in [3.8, 4) is 41.6 Å². The van der Waals surface area contributed by atoms with Gasteiger partial charge in [-0.2, -0.15) is 5.26 Å². The van der Waals surface area contributed by atoms with Crippen molar-refractivity contribution in [1.82, 2.24) is 58.6 Å². The summed E-state index contributed by atoms with van der Waals surface area (Å²) < 4.78 is 86.7. The number of fused-ring (bicyclic) bond motifs is 6. The van der Waals surface area contributed by atoms with Crippen molar-refractivity contribution in [3.05, 3.63) is 181 Å². The summed E-state index contributed by atoms with van der Waals surface area (Å²) in [6.45, 7) is 50.5. The highest BCUT2D eigenvalue weighted by molar-refractivity contribution is 7.45. The van der Waals surface area contributed by atoms with E-state index in [-0.39, 0.29) is 164 Å². The van der Waals surface area contributed by atoms with Crippen LogP contribution in [0.3, 0.4) is 0 Å². The van der Waals surface area contributed by atoms with Gasteiger partial charge in [-0.25, -0.2) is 41.5 Å². The highest BCUT2D eigenvalue weighted by atomic mass is 31.2. The number of unbranched alkanes of at least 4 members (excludes halogenated alkanes) is 8. The molecular formula is C102H142N15O21P3. The van der Waals surface area contributed by atoms with Crippen molar-refractivity contribution in [3.63, 3.8) is 0 Å². The number of nitrogens with one attached hydrogen (secondary N) is 6. The summed E-state index contributed by atoms with van der Waals surface area (Å²) in [4.78, 5) is 128. The van der Waals surface area contributed by atoms with Crippen molar-refractivity contribution in [1.29, 1.82) is 5.26 Å². The van der Waals surface area contributed by atoms with Gasteiger partial charge in [0.15, 0.2) is 18.7 Å². The molecule has 6 bridgehead atoms. The topological polar surface area (TPSA) is 405 Å². The molecule has 6 fully saturated rings. The maximum atomic E-state index is 13.4. The Labute approximate surface area is 830 Å². The fourth-order valence-corrected chi connectivity index (χ4v) is 23.7. The first-order valence-corrected chi connectivity index (χ1v) is 51.6. The van der Waals surface area contributed by atoms with E-state index < -0.39 is 131 Å². The van der Waals surface area contributed by atoms with Gasteiger partial charge in [-0.1, -0.05) is 178 Å². The van der Waals surface area contributed by atoms with E-state index in [0.717, 1.165) is 51.6 Å². The Morgan fingerprint density at radius 3 is 1.20 bits per heavy atom. The molecule has 4 aromatic carbocycles. The van der Waals surface area contributed by atoms with E-state index in [4.69, 9.17) is 74.0 Å². The van der Waals surface area contributed by atoms with Crippen molar-refractivity contribution in [2.75, 3.05) is 72.4 Å². The predicted molar refractivity (Wildman–Crippen MR) is 545 cm³/mol. The monoisotopic (exact) mass is 2010 g/mol. The third-order valence-electron chi connectivity index (χ3n) is 25.1. The molecule has 36 nitrogen and oxygen atoms in total. The van der Waals surface area contributed by atoms with Crippen LogP contribution in [-0.2, 0) is 65.2 Å². The Balaban J connectivity index is 0.000000238. The molecule has 6 aliphatic heterocycles. The SMILES string of the molecule is C.C.CC[C@@]12CO[C@H](C1OP(OCCC#N)N(C(C)C)C(C)C)[C@H](n1cc(C#CCNC(=O)c3ccc4ccc5cccc6ccc3c4c56)c(=O)[nH]c1=O)O2.[C-]#[N+]CCOP(OC1[C@H]2OC[C@@]1(CC)O[C@H]2n1cc(C#CCNC(=O)CCCCCCCCCCC)c(=O)[nH]c1=O)N(C(C)C)C(C)C.[C-]#[N+]CCOP(OC1[C@H]2OC[C@@]1(CC)O[C@H]2n1cc(C#CCNC(C)=O)c(=O)[nH]c1=O)N(C(C)C)C(C)C. The molecule has 0 radical (unpaired) electrons. The molecule has 141 heavy (non-hydrogen) atoms. The lowest BCUT2D eigenvalue weighted by Gasteiger charge is -2.38. The van der Waals surface area contributed by atoms with E-state index in [0.29, 0.717) is 31.2 Å². The summed E-state index contributed by atoms with van der Waals surface area (Å²) >= 11 is 0. The van der Waals surface area contributed by atoms with Gasteiger partial charge in [0.1, 0.15) is 83.3 Å². The van der Waals surface area contributed by atoms with Gasteiger partial charge >= 0.3 is 17.1 Å². The molecular weight excluding hydrogens is 1860 g/mol. The minimum Gasteiger partial charge on any atom is -0.368 e. The lowest BCUT2D eigenvalue weighted by molar-refractivity contribution is -0.175. The van der Waals surface area contributed by atoms with Crippen LogP contribution in [0.25, 0.3) is 42.0 Å². The molecule has 0 saturated carbocycles. The standard InChI is InChI=1S/C40H42N5O7P.C35H56N5O7P.C25H36N5O7P.2CH4/c1-6-40-23-49-34(35(40)52-53(50-21-9-19-41)45(24(2)3)25(4)5)38(51-40)44-22-29(36(46)43-39(44)48)12-8-20-42-37(47)31-18-16-28-14-13-26-10-7-11-27-15-17-30(31)33(28)32(26)27;1-8-10-11-12-13-14-15-16-17-20-29(41)37-21-18-19-28-24-39(34(43)38-32(28)42)33-30-31(35(9-2,46-33)25-44-30)47-48(45-23-22-36-7)40(26(3)4)27(5)6;1-8-25-15-34-20(21(25)37-38(35-13-12-26-7)30(16(2)3)17(4)5)23(36-25)29-14-19(22(32)28-24(29)33)10-9-11-27-18(6)31;;/h7,10-11,13-18,22,24-25,34-35,38H,6,9,20-21,23H2,1-5H3,(H,42,47)(H,43,46,48);24,26-27,30-31,33H,8-17,20-23,25H2,1-6H3,(H,37,41)(H,38,42,43);14,16-17,20-21,23H,8,11-13,15H2,1-6H3,(H,27,31)(H,28,32,33);2*1H4/t34-,35?,38-,40-,53?;30-,31?,33-,35-,48?;20-,21?,23-,25-,38?;;/m111../s1. The summed E-state index contributed by atoms with van der Waals surface area (Å²) in [7, 11) is -4.77. The van der Waals surface area contributed by atoms with Crippen LogP contribution in [0, 0.1) is 60.0 Å². The number of amides is 3. The Morgan fingerprint density at radius 1 is 0.489 bits per heavy atom. The van der Waals surface area contributed by atoms with Crippen LogP contribution >= 0.6 is 25.6 Å². The number of hydrogen-bond acceptors (Lipinski definition) is 25. The summed E-state index contributed by atoms with van der Waals surface area (Å²) in [5.41, 5.74) is -5.72. The normalized spacial score (nSPS) is 22.4. The zero-order valence-electron chi connectivity index (χ0n) is 82.7. The second kappa shape index (κ2) is 53.7. The van der Waals surface area contributed by atoms with E-state index in [2.05, 4.69) is 210 Å². The van der Waals surface area contributed by atoms with Gasteiger partial charge < -0.3 is 81.2 Å². The Morgan fingerprint density at radius 2 is 0.837 bits per heavy atom. The largest absolute Gasteiger partial charge is 0.368 e. The fourth-order valence-electron chi connectivity index (χ4n) is 18.3. The van der Waals surface area contributed by atoms with Gasteiger partial charge in [-0.05, 0) is 147 Å². The number of H-pyrrole nitrogens is 3.